The van der Waals surface area contributed by atoms with E-state index < -0.39 is 17.5 Å². The minimum absolute atomic E-state index is 0.101. The number of Topliss-reactive ketones (excluding diaryl/α,β-unsaturated/α-hetero) is 1. The van der Waals surface area contributed by atoms with Crippen molar-refractivity contribution < 1.29 is 27.5 Å². The Bertz CT molecular complexity index is 936. The zero-order valence-corrected chi connectivity index (χ0v) is 16.3. The van der Waals surface area contributed by atoms with Gasteiger partial charge in [0.1, 0.15) is 18.2 Å². The van der Waals surface area contributed by atoms with Gasteiger partial charge in [0.2, 0.25) is 0 Å². The molecular formula is C23H22F3NO3. The van der Waals surface area contributed by atoms with Gasteiger partial charge < -0.3 is 9.64 Å². The molecule has 0 aromatic heterocycles. The second-order valence-electron chi connectivity index (χ2n) is 8.00. The Hall–Kier alpha value is -2.83. The number of benzene rings is 2. The Labute approximate surface area is 172 Å². The van der Waals surface area contributed by atoms with Gasteiger partial charge in [0, 0.05) is 30.5 Å². The van der Waals surface area contributed by atoms with Crippen molar-refractivity contribution in [2.24, 2.45) is 5.92 Å². The lowest BCUT2D eigenvalue weighted by molar-refractivity contribution is -0.124. The molecule has 2 fully saturated rings. The number of nitrogens with zero attached hydrogens (tertiary/aromatic N) is 1. The summed E-state index contributed by atoms with van der Waals surface area (Å²) in [6, 6.07) is 10.4. The zero-order chi connectivity index (χ0) is 21.3. The third-order valence-corrected chi connectivity index (χ3v) is 6.06. The average Bonchev–Trinajstić information content (AvgIpc) is 3.00. The van der Waals surface area contributed by atoms with E-state index in [-0.39, 0.29) is 48.5 Å². The van der Waals surface area contributed by atoms with Crippen LogP contribution in [0.25, 0.3) is 0 Å². The van der Waals surface area contributed by atoms with Crippen LogP contribution in [0.3, 0.4) is 0 Å². The highest BCUT2D eigenvalue weighted by molar-refractivity contribution is 5.84. The molecule has 2 saturated heterocycles. The highest BCUT2D eigenvalue weighted by Crippen LogP contribution is 2.40. The van der Waals surface area contributed by atoms with Crippen LogP contribution in [0.2, 0.25) is 0 Å². The lowest BCUT2D eigenvalue weighted by atomic mass is 9.85. The summed E-state index contributed by atoms with van der Waals surface area (Å²) >= 11 is 0. The summed E-state index contributed by atoms with van der Waals surface area (Å²) in [5.74, 6) is -3.92. The fourth-order valence-corrected chi connectivity index (χ4v) is 4.56. The number of carbonyl (C=O) groups is 2. The van der Waals surface area contributed by atoms with Crippen LogP contribution in [0.4, 0.5) is 18.0 Å². The molecule has 30 heavy (non-hydrogen) atoms. The summed E-state index contributed by atoms with van der Waals surface area (Å²) in [4.78, 5) is 27.0. The SMILES string of the molecule is O=C(Cc1cc(F)c(F)cc1F)C1CC2CCC(C1)N2C(=O)OCc1ccccc1. The van der Waals surface area contributed by atoms with Crippen molar-refractivity contribution in [3.63, 3.8) is 0 Å². The predicted molar refractivity (Wildman–Crippen MR) is 103 cm³/mol. The smallest absolute Gasteiger partial charge is 0.410 e. The Morgan fingerprint density at radius 3 is 2.23 bits per heavy atom. The molecule has 2 heterocycles. The maximum absolute atomic E-state index is 13.9. The molecule has 2 aromatic rings. The van der Waals surface area contributed by atoms with E-state index in [9.17, 15) is 22.8 Å². The van der Waals surface area contributed by atoms with Crippen molar-refractivity contribution in [2.45, 2.75) is 50.8 Å². The second kappa shape index (κ2) is 8.50. The van der Waals surface area contributed by atoms with E-state index in [4.69, 9.17) is 4.74 Å². The van der Waals surface area contributed by atoms with E-state index in [1.54, 1.807) is 4.90 Å². The van der Waals surface area contributed by atoms with Gasteiger partial charge in [0.25, 0.3) is 0 Å². The van der Waals surface area contributed by atoms with Crippen LogP contribution in [0.5, 0.6) is 0 Å². The molecule has 2 atom stereocenters. The minimum atomic E-state index is -1.27. The number of carbonyl (C=O) groups excluding carboxylic acids is 2. The number of fused-ring (bicyclic) bond motifs is 2. The summed E-state index contributed by atoms with van der Waals surface area (Å²) in [6.07, 6.45) is 1.85. The van der Waals surface area contributed by atoms with Crippen molar-refractivity contribution in [2.75, 3.05) is 0 Å². The average molecular weight is 417 g/mol. The van der Waals surface area contributed by atoms with Gasteiger partial charge in [-0.1, -0.05) is 30.3 Å². The van der Waals surface area contributed by atoms with Gasteiger partial charge in [-0.05, 0) is 42.9 Å². The van der Waals surface area contributed by atoms with Crippen LogP contribution in [-0.4, -0.2) is 28.9 Å². The monoisotopic (exact) mass is 417 g/mol. The Kier molecular flexibility index (Phi) is 5.79. The van der Waals surface area contributed by atoms with E-state index in [0.717, 1.165) is 24.5 Å². The number of ketones is 1. The standard InChI is InChI=1S/C23H22F3NO3/c24-19-12-21(26)20(25)10-15(19)11-22(28)16-8-17-6-7-18(9-16)27(17)23(29)30-13-14-4-2-1-3-5-14/h1-5,10,12,16-18H,6-9,11,13H2. The molecule has 4 nitrogen and oxygen atoms in total. The van der Waals surface area contributed by atoms with E-state index in [1.807, 2.05) is 30.3 Å². The lowest BCUT2D eigenvalue weighted by Gasteiger charge is -2.37. The van der Waals surface area contributed by atoms with E-state index in [0.29, 0.717) is 18.9 Å². The van der Waals surface area contributed by atoms with Crippen LogP contribution in [0, 0.1) is 23.4 Å². The van der Waals surface area contributed by atoms with Gasteiger partial charge in [0.15, 0.2) is 11.6 Å². The number of hydrogen-bond acceptors (Lipinski definition) is 3. The summed E-state index contributed by atoms with van der Waals surface area (Å²) in [5.41, 5.74) is 0.757. The first-order valence-electron chi connectivity index (χ1n) is 10.1. The number of piperidine rings is 1. The number of rotatable bonds is 5. The molecule has 2 aliphatic heterocycles. The second-order valence-corrected chi connectivity index (χ2v) is 8.00. The molecule has 2 bridgehead atoms. The first-order chi connectivity index (χ1) is 14.4. The zero-order valence-electron chi connectivity index (χ0n) is 16.3. The molecule has 0 N–H and O–H groups in total. The maximum Gasteiger partial charge on any atom is 0.410 e. The minimum Gasteiger partial charge on any atom is -0.445 e. The molecule has 0 saturated carbocycles. The number of ether oxygens (including phenoxy) is 1. The largest absolute Gasteiger partial charge is 0.445 e. The number of halogens is 3. The van der Waals surface area contributed by atoms with Gasteiger partial charge in [-0.15, -0.1) is 0 Å². The molecule has 2 aromatic carbocycles. The van der Waals surface area contributed by atoms with Gasteiger partial charge in [-0.25, -0.2) is 18.0 Å². The summed E-state index contributed by atoms with van der Waals surface area (Å²) in [6.45, 7) is 0.188. The van der Waals surface area contributed by atoms with Crippen LogP contribution < -0.4 is 0 Å². The van der Waals surface area contributed by atoms with Crippen molar-refractivity contribution in [3.8, 4) is 0 Å². The molecule has 4 rings (SSSR count). The first-order valence-corrected chi connectivity index (χ1v) is 10.1. The summed E-state index contributed by atoms with van der Waals surface area (Å²) in [7, 11) is 0. The van der Waals surface area contributed by atoms with Crippen LogP contribution in [0.15, 0.2) is 42.5 Å². The van der Waals surface area contributed by atoms with Gasteiger partial charge in [0.05, 0.1) is 0 Å². The van der Waals surface area contributed by atoms with E-state index in [2.05, 4.69) is 0 Å². The highest BCUT2D eigenvalue weighted by Gasteiger charge is 2.45. The first kappa shape index (κ1) is 20.4. The fourth-order valence-electron chi connectivity index (χ4n) is 4.56. The van der Waals surface area contributed by atoms with E-state index >= 15 is 0 Å². The molecular weight excluding hydrogens is 395 g/mol. The Morgan fingerprint density at radius 2 is 1.57 bits per heavy atom. The Balaban J connectivity index is 1.37. The fraction of sp³-hybridized carbons (Fsp3) is 0.391. The quantitative estimate of drug-likeness (QED) is 0.657. The van der Waals surface area contributed by atoms with E-state index in [1.165, 1.54) is 0 Å². The molecule has 7 heteroatoms. The molecule has 1 amide bonds. The van der Waals surface area contributed by atoms with Gasteiger partial charge in [-0.3, -0.25) is 4.79 Å². The lowest BCUT2D eigenvalue weighted by Crippen LogP contribution is -2.48. The third-order valence-electron chi connectivity index (χ3n) is 6.06. The molecule has 0 radical (unpaired) electrons. The normalized spacial score (nSPS) is 22.8. The van der Waals surface area contributed by atoms with Crippen molar-refractivity contribution in [3.05, 3.63) is 71.0 Å². The number of amides is 1. The van der Waals surface area contributed by atoms with Gasteiger partial charge >= 0.3 is 6.09 Å². The van der Waals surface area contributed by atoms with Crippen LogP contribution in [-0.2, 0) is 22.6 Å². The van der Waals surface area contributed by atoms with Gasteiger partial charge in [-0.2, -0.15) is 0 Å². The topological polar surface area (TPSA) is 46.6 Å². The van der Waals surface area contributed by atoms with Crippen molar-refractivity contribution in [1.82, 2.24) is 4.90 Å². The van der Waals surface area contributed by atoms with Crippen LogP contribution >= 0.6 is 0 Å². The van der Waals surface area contributed by atoms with Crippen LogP contribution in [0.1, 0.15) is 36.8 Å². The Morgan fingerprint density at radius 1 is 0.933 bits per heavy atom. The molecule has 0 spiro atoms. The summed E-state index contributed by atoms with van der Waals surface area (Å²) < 4.78 is 45.9. The number of hydrogen-bond donors (Lipinski definition) is 0. The molecule has 2 aliphatic rings. The summed E-state index contributed by atoms with van der Waals surface area (Å²) in [5, 5.41) is 0. The maximum atomic E-state index is 13.9. The van der Waals surface area contributed by atoms with Crippen molar-refractivity contribution >= 4 is 11.9 Å². The molecule has 2 unspecified atom stereocenters. The van der Waals surface area contributed by atoms with Crippen molar-refractivity contribution in [1.29, 1.82) is 0 Å². The third kappa shape index (κ3) is 4.20. The predicted octanol–water partition coefficient (Wildman–Crippen LogP) is 4.80. The highest BCUT2D eigenvalue weighted by atomic mass is 19.2. The molecule has 158 valence electrons. The molecule has 0 aliphatic carbocycles.